The molecule has 2 aromatic carbocycles. The number of hydrogen-bond acceptors (Lipinski definition) is 7. The van der Waals surface area contributed by atoms with Crippen molar-refractivity contribution in [2.75, 3.05) is 5.32 Å². The molecule has 0 aliphatic carbocycles. The standard InChI is InChI=1S/C23H19N5O3S/c29-19(12-11-16-7-3-1-4-8-16)26-23-25-18(15-32-23)13-20(30)24-14-21-27-22(28-31-21)17-9-5-2-6-10-17/h1-12,15H,13-14H2,(H,24,30)(H,25,26,29)/b12-11+. The Hall–Kier alpha value is -4.11. The first-order chi connectivity index (χ1) is 15.7. The molecule has 0 fully saturated rings. The second-order valence-electron chi connectivity index (χ2n) is 6.71. The van der Waals surface area contributed by atoms with Crippen LogP contribution in [0.15, 0.2) is 76.6 Å². The van der Waals surface area contributed by atoms with Gasteiger partial charge in [-0.15, -0.1) is 11.3 Å². The van der Waals surface area contributed by atoms with E-state index in [1.54, 1.807) is 11.5 Å². The maximum Gasteiger partial charge on any atom is 0.250 e. The lowest BCUT2D eigenvalue weighted by atomic mass is 10.2. The normalized spacial score (nSPS) is 10.9. The maximum absolute atomic E-state index is 12.2. The number of thiazole rings is 1. The minimum absolute atomic E-state index is 0.0753. The number of rotatable bonds is 8. The number of amides is 2. The molecule has 0 unspecified atom stereocenters. The van der Waals surface area contributed by atoms with Crippen molar-refractivity contribution in [3.63, 3.8) is 0 Å². The van der Waals surface area contributed by atoms with Gasteiger partial charge in [-0.2, -0.15) is 4.98 Å². The molecule has 0 bridgehead atoms. The second-order valence-corrected chi connectivity index (χ2v) is 7.57. The van der Waals surface area contributed by atoms with Gasteiger partial charge in [0.15, 0.2) is 5.13 Å². The Balaban J connectivity index is 1.24. The van der Waals surface area contributed by atoms with E-state index >= 15 is 0 Å². The summed E-state index contributed by atoms with van der Waals surface area (Å²) in [7, 11) is 0. The summed E-state index contributed by atoms with van der Waals surface area (Å²) in [5.41, 5.74) is 2.33. The van der Waals surface area contributed by atoms with E-state index in [0.29, 0.717) is 22.5 Å². The van der Waals surface area contributed by atoms with Crippen molar-refractivity contribution < 1.29 is 14.1 Å². The van der Waals surface area contributed by atoms with Crippen molar-refractivity contribution in [2.45, 2.75) is 13.0 Å². The lowest BCUT2D eigenvalue weighted by Crippen LogP contribution is -2.24. The van der Waals surface area contributed by atoms with Crippen LogP contribution >= 0.6 is 11.3 Å². The molecule has 2 amide bonds. The molecule has 9 heteroatoms. The molecular weight excluding hydrogens is 426 g/mol. The Bertz CT molecular complexity index is 1220. The number of carbonyl (C=O) groups excluding carboxylic acids is 2. The molecule has 2 heterocycles. The zero-order valence-corrected chi connectivity index (χ0v) is 17.7. The minimum Gasteiger partial charge on any atom is -0.347 e. The van der Waals surface area contributed by atoms with Crippen molar-refractivity contribution in [3.05, 3.63) is 89.3 Å². The van der Waals surface area contributed by atoms with Crippen LogP contribution in [0.5, 0.6) is 0 Å². The van der Waals surface area contributed by atoms with E-state index in [1.165, 1.54) is 17.4 Å². The van der Waals surface area contributed by atoms with Gasteiger partial charge in [0.25, 0.3) is 0 Å². The summed E-state index contributed by atoms with van der Waals surface area (Å²) >= 11 is 1.26. The number of hydrogen-bond donors (Lipinski definition) is 2. The predicted octanol–water partition coefficient (Wildman–Crippen LogP) is 3.70. The maximum atomic E-state index is 12.2. The van der Waals surface area contributed by atoms with Crippen LogP contribution in [0.1, 0.15) is 17.1 Å². The van der Waals surface area contributed by atoms with Gasteiger partial charge in [-0.25, -0.2) is 4.98 Å². The van der Waals surface area contributed by atoms with Gasteiger partial charge in [0, 0.05) is 17.0 Å². The summed E-state index contributed by atoms with van der Waals surface area (Å²) in [5.74, 6) is 0.256. The average Bonchev–Trinajstić information content (AvgIpc) is 3.47. The van der Waals surface area contributed by atoms with Crippen LogP contribution in [-0.2, 0) is 22.6 Å². The fraction of sp³-hybridized carbons (Fsp3) is 0.0870. The first-order valence-electron chi connectivity index (χ1n) is 9.79. The number of nitrogens with one attached hydrogen (secondary N) is 2. The van der Waals surface area contributed by atoms with Crippen molar-refractivity contribution >= 4 is 34.4 Å². The molecule has 2 aromatic heterocycles. The first-order valence-corrected chi connectivity index (χ1v) is 10.7. The van der Waals surface area contributed by atoms with E-state index in [2.05, 4.69) is 25.8 Å². The van der Waals surface area contributed by atoms with E-state index in [-0.39, 0.29) is 24.8 Å². The molecule has 0 spiro atoms. The van der Waals surface area contributed by atoms with Crippen LogP contribution in [0.2, 0.25) is 0 Å². The van der Waals surface area contributed by atoms with Gasteiger partial charge in [0.1, 0.15) is 0 Å². The SMILES string of the molecule is O=C(/C=C/c1ccccc1)Nc1nc(CC(=O)NCc2nc(-c3ccccc3)no2)cs1. The largest absolute Gasteiger partial charge is 0.347 e. The third kappa shape index (κ3) is 5.96. The lowest BCUT2D eigenvalue weighted by molar-refractivity contribution is -0.120. The summed E-state index contributed by atoms with van der Waals surface area (Å²) in [6, 6.07) is 18.9. The summed E-state index contributed by atoms with van der Waals surface area (Å²) in [4.78, 5) is 32.8. The van der Waals surface area contributed by atoms with E-state index < -0.39 is 0 Å². The molecule has 0 saturated carbocycles. The number of nitrogens with zero attached hydrogens (tertiary/aromatic N) is 3. The molecule has 0 saturated heterocycles. The van der Waals surface area contributed by atoms with Gasteiger partial charge < -0.3 is 9.84 Å². The van der Waals surface area contributed by atoms with Gasteiger partial charge in [-0.3, -0.25) is 14.9 Å². The number of carbonyl (C=O) groups is 2. The smallest absolute Gasteiger partial charge is 0.250 e. The number of aromatic nitrogens is 3. The van der Waals surface area contributed by atoms with Crippen LogP contribution in [0.3, 0.4) is 0 Å². The Morgan fingerprint density at radius 3 is 2.53 bits per heavy atom. The van der Waals surface area contributed by atoms with Gasteiger partial charge >= 0.3 is 0 Å². The van der Waals surface area contributed by atoms with Gasteiger partial charge in [-0.1, -0.05) is 65.8 Å². The van der Waals surface area contributed by atoms with Gasteiger partial charge in [0.05, 0.1) is 18.7 Å². The highest BCUT2D eigenvalue weighted by Crippen LogP contribution is 2.17. The van der Waals surface area contributed by atoms with Crippen molar-refractivity contribution in [1.82, 2.24) is 20.4 Å². The van der Waals surface area contributed by atoms with E-state index in [4.69, 9.17) is 4.52 Å². The van der Waals surface area contributed by atoms with E-state index in [0.717, 1.165) is 11.1 Å². The van der Waals surface area contributed by atoms with E-state index in [9.17, 15) is 9.59 Å². The van der Waals surface area contributed by atoms with Crippen molar-refractivity contribution in [1.29, 1.82) is 0 Å². The predicted molar refractivity (Wildman–Crippen MR) is 122 cm³/mol. The van der Waals surface area contributed by atoms with Crippen LogP contribution in [0.4, 0.5) is 5.13 Å². The Morgan fingerprint density at radius 1 is 1.00 bits per heavy atom. The highest BCUT2D eigenvalue weighted by molar-refractivity contribution is 7.14. The molecule has 160 valence electrons. The van der Waals surface area contributed by atoms with Gasteiger partial charge in [0.2, 0.25) is 23.5 Å². The highest BCUT2D eigenvalue weighted by atomic mass is 32.1. The van der Waals surface area contributed by atoms with Crippen molar-refractivity contribution in [2.24, 2.45) is 0 Å². The van der Waals surface area contributed by atoms with Gasteiger partial charge in [-0.05, 0) is 11.6 Å². The van der Waals surface area contributed by atoms with E-state index in [1.807, 2.05) is 60.7 Å². The monoisotopic (exact) mass is 445 g/mol. The lowest BCUT2D eigenvalue weighted by Gasteiger charge is -2.00. The molecular formula is C23H19N5O3S. The van der Waals surface area contributed by atoms with Crippen LogP contribution in [0, 0.1) is 0 Å². The summed E-state index contributed by atoms with van der Waals surface area (Å²) in [6.45, 7) is 0.122. The van der Waals surface area contributed by atoms with Crippen LogP contribution in [-0.4, -0.2) is 26.9 Å². The molecule has 32 heavy (non-hydrogen) atoms. The summed E-state index contributed by atoms with van der Waals surface area (Å²) < 4.78 is 5.18. The third-order valence-electron chi connectivity index (χ3n) is 4.29. The minimum atomic E-state index is -0.287. The third-order valence-corrected chi connectivity index (χ3v) is 5.09. The highest BCUT2D eigenvalue weighted by Gasteiger charge is 2.12. The Morgan fingerprint density at radius 2 is 1.75 bits per heavy atom. The average molecular weight is 446 g/mol. The van der Waals surface area contributed by atoms with Crippen LogP contribution < -0.4 is 10.6 Å². The quantitative estimate of drug-likeness (QED) is 0.400. The zero-order valence-electron chi connectivity index (χ0n) is 16.9. The fourth-order valence-electron chi connectivity index (χ4n) is 2.76. The Kier molecular flexibility index (Phi) is 6.78. The summed E-state index contributed by atoms with van der Waals surface area (Å²) in [5, 5.41) is 11.5. The molecule has 8 nitrogen and oxygen atoms in total. The molecule has 4 rings (SSSR count). The fourth-order valence-corrected chi connectivity index (χ4v) is 3.47. The topological polar surface area (TPSA) is 110 Å². The van der Waals surface area contributed by atoms with Crippen LogP contribution in [0.25, 0.3) is 17.5 Å². The molecule has 0 atom stereocenters. The molecule has 0 aliphatic rings. The second kappa shape index (κ2) is 10.3. The molecule has 4 aromatic rings. The molecule has 0 radical (unpaired) electrons. The number of benzene rings is 2. The molecule has 0 aliphatic heterocycles. The molecule has 2 N–H and O–H groups in total. The number of anilines is 1. The first kappa shape index (κ1) is 21.1. The summed E-state index contributed by atoms with van der Waals surface area (Å²) in [6.07, 6.45) is 3.24. The Labute approximate surface area is 188 Å². The zero-order chi connectivity index (χ0) is 22.2. The van der Waals surface area contributed by atoms with Crippen molar-refractivity contribution in [3.8, 4) is 11.4 Å².